The topological polar surface area (TPSA) is 59.1 Å². The highest BCUT2D eigenvalue weighted by Crippen LogP contribution is 2.24. The van der Waals surface area contributed by atoms with E-state index in [1.165, 1.54) is 6.07 Å². The molecule has 3 nitrogen and oxygen atoms in total. The Morgan fingerprint density at radius 2 is 1.75 bits per heavy atom. The number of hydrogen-bond donors (Lipinski definition) is 2. The predicted octanol–water partition coefficient (Wildman–Crippen LogP) is 3.31. The largest absolute Gasteiger partial charge is 0.488 e. The molecule has 104 valence electrons. The second kappa shape index (κ2) is 5.74. The molecule has 0 saturated heterocycles. The Bertz CT molecular complexity index is 633. The first-order valence-corrected chi connectivity index (χ1v) is 6.31. The number of para-hydroxylation sites is 1. The molecule has 0 atom stereocenters. The zero-order chi connectivity index (χ0) is 14.7. The second-order valence-electron chi connectivity index (χ2n) is 4.70. The number of aryl methyl sites for hydroxylation is 2. The smallest absolute Gasteiger partial charge is 0.140 e. The minimum absolute atomic E-state index is 0.104. The van der Waals surface area contributed by atoms with Crippen LogP contribution in [0, 0.1) is 25.1 Å². The molecule has 0 unspecified atom stereocenters. The Kier molecular flexibility index (Phi) is 4.03. The molecule has 20 heavy (non-hydrogen) atoms. The van der Waals surface area contributed by atoms with Gasteiger partial charge in [-0.25, -0.2) is 4.39 Å². The molecule has 3 N–H and O–H groups in total. The Balaban J connectivity index is 2.24. The number of nitrogens with one attached hydrogen (secondary N) is 1. The van der Waals surface area contributed by atoms with Gasteiger partial charge in [-0.3, -0.25) is 5.41 Å². The number of rotatable bonds is 4. The molecule has 0 bridgehead atoms. The Labute approximate surface area is 117 Å². The van der Waals surface area contributed by atoms with Gasteiger partial charge in [0.2, 0.25) is 0 Å². The zero-order valence-electron chi connectivity index (χ0n) is 11.5. The van der Waals surface area contributed by atoms with Crippen molar-refractivity contribution in [3.8, 4) is 5.75 Å². The van der Waals surface area contributed by atoms with E-state index in [4.69, 9.17) is 15.9 Å². The van der Waals surface area contributed by atoms with E-state index in [0.717, 1.165) is 16.9 Å². The lowest BCUT2D eigenvalue weighted by Crippen LogP contribution is -2.15. The lowest BCUT2D eigenvalue weighted by molar-refractivity contribution is 0.295. The molecule has 2 aromatic rings. The summed E-state index contributed by atoms with van der Waals surface area (Å²) in [4.78, 5) is 0. The molecule has 0 heterocycles. The van der Waals surface area contributed by atoms with E-state index in [9.17, 15) is 4.39 Å². The van der Waals surface area contributed by atoms with Gasteiger partial charge < -0.3 is 10.5 Å². The first-order chi connectivity index (χ1) is 9.50. The van der Waals surface area contributed by atoms with Gasteiger partial charge in [0, 0.05) is 5.56 Å². The summed E-state index contributed by atoms with van der Waals surface area (Å²) >= 11 is 0. The lowest BCUT2D eigenvalue weighted by Gasteiger charge is -2.13. The van der Waals surface area contributed by atoms with Crippen LogP contribution in [0.2, 0.25) is 0 Å². The van der Waals surface area contributed by atoms with E-state index < -0.39 is 5.82 Å². The van der Waals surface area contributed by atoms with E-state index in [0.29, 0.717) is 5.56 Å². The number of benzene rings is 2. The number of ether oxygens (including phenoxy) is 1. The molecule has 0 aliphatic carbocycles. The first-order valence-electron chi connectivity index (χ1n) is 6.31. The average molecular weight is 272 g/mol. The Morgan fingerprint density at radius 1 is 1.15 bits per heavy atom. The van der Waals surface area contributed by atoms with Crippen LogP contribution in [0.15, 0.2) is 36.4 Å². The summed E-state index contributed by atoms with van der Waals surface area (Å²) in [6.07, 6.45) is 0. The van der Waals surface area contributed by atoms with Gasteiger partial charge in [-0.05, 0) is 31.0 Å². The van der Waals surface area contributed by atoms with Crippen LogP contribution in [0.4, 0.5) is 4.39 Å². The molecule has 0 spiro atoms. The maximum Gasteiger partial charge on any atom is 0.140 e. The molecule has 4 heteroatoms. The first kappa shape index (κ1) is 14.1. The van der Waals surface area contributed by atoms with E-state index in [-0.39, 0.29) is 18.0 Å². The fourth-order valence-electron chi connectivity index (χ4n) is 2.08. The summed E-state index contributed by atoms with van der Waals surface area (Å²) in [5.74, 6) is -0.0113. The van der Waals surface area contributed by atoms with Gasteiger partial charge in [0.15, 0.2) is 0 Å². The zero-order valence-corrected chi connectivity index (χ0v) is 11.5. The normalized spacial score (nSPS) is 10.3. The minimum Gasteiger partial charge on any atom is -0.488 e. The molecule has 2 aromatic carbocycles. The molecule has 2 rings (SSSR count). The summed E-state index contributed by atoms with van der Waals surface area (Å²) in [7, 11) is 0. The third-order valence-corrected chi connectivity index (χ3v) is 3.15. The lowest BCUT2D eigenvalue weighted by atomic mass is 10.1. The highest BCUT2D eigenvalue weighted by Gasteiger charge is 2.11. The third kappa shape index (κ3) is 2.79. The van der Waals surface area contributed by atoms with E-state index >= 15 is 0 Å². The van der Waals surface area contributed by atoms with Crippen LogP contribution in [-0.4, -0.2) is 5.84 Å². The van der Waals surface area contributed by atoms with Crippen LogP contribution in [0.5, 0.6) is 5.75 Å². The maximum absolute atomic E-state index is 14.1. The molecule has 0 radical (unpaired) electrons. The Hall–Kier alpha value is -2.36. The predicted molar refractivity (Wildman–Crippen MR) is 77.7 cm³/mol. The molecule has 0 aromatic heterocycles. The van der Waals surface area contributed by atoms with Crippen molar-refractivity contribution in [3.05, 3.63) is 64.5 Å². The second-order valence-corrected chi connectivity index (χ2v) is 4.70. The summed E-state index contributed by atoms with van der Waals surface area (Å²) in [5.41, 5.74) is 7.85. The number of nitrogens with two attached hydrogens (primary N) is 1. The highest BCUT2D eigenvalue weighted by atomic mass is 19.1. The molecule has 0 aliphatic rings. The monoisotopic (exact) mass is 272 g/mol. The minimum atomic E-state index is -0.494. The molecular weight excluding hydrogens is 255 g/mol. The van der Waals surface area contributed by atoms with Crippen molar-refractivity contribution >= 4 is 5.84 Å². The molecule has 0 fully saturated rings. The molecular formula is C16H17FN2O. The molecule has 0 saturated carbocycles. The van der Waals surface area contributed by atoms with Crippen molar-refractivity contribution in [3.63, 3.8) is 0 Å². The average Bonchev–Trinajstić information content (AvgIpc) is 2.39. The summed E-state index contributed by atoms with van der Waals surface area (Å²) < 4.78 is 19.8. The number of hydrogen-bond acceptors (Lipinski definition) is 2. The van der Waals surface area contributed by atoms with Gasteiger partial charge in [-0.2, -0.15) is 0 Å². The molecule has 0 amide bonds. The van der Waals surface area contributed by atoms with Crippen molar-refractivity contribution in [1.82, 2.24) is 0 Å². The van der Waals surface area contributed by atoms with Gasteiger partial charge in [-0.1, -0.05) is 30.3 Å². The van der Waals surface area contributed by atoms with Crippen LogP contribution in [-0.2, 0) is 6.61 Å². The van der Waals surface area contributed by atoms with Crippen LogP contribution >= 0.6 is 0 Å². The van der Waals surface area contributed by atoms with Crippen LogP contribution in [0.25, 0.3) is 0 Å². The van der Waals surface area contributed by atoms with Crippen molar-refractivity contribution in [2.45, 2.75) is 20.5 Å². The van der Waals surface area contributed by atoms with Gasteiger partial charge in [0.05, 0.1) is 5.56 Å². The van der Waals surface area contributed by atoms with Crippen molar-refractivity contribution < 1.29 is 9.13 Å². The number of halogens is 1. The van der Waals surface area contributed by atoms with Crippen LogP contribution < -0.4 is 10.5 Å². The van der Waals surface area contributed by atoms with Gasteiger partial charge >= 0.3 is 0 Å². The Morgan fingerprint density at radius 3 is 2.35 bits per heavy atom. The van der Waals surface area contributed by atoms with Crippen molar-refractivity contribution in [1.29, 1.82) is 5.41 Å². The quantitative estimate of drug-likeness (QED) is 0.662. The summed E-state index contributed by atoms with van der Waals surface area (Å²) in [6.45, 7) is 4.01. The fraction of sp³-hybridized carbons (Fsp3) is 0.188. The van der Waals surface area contributed by atoms with Gasteiger partial charge in [0.25, 0.3) is 0 Å². The van der Waals surface area contributed by atoms with E-state index in [1.54, 1.807) is 12.1 Å². The van der Waals surface area contributed by atoms with Crippen LogP contribution in [0.3, 0.4) is 0 Å². The SMILES string of the molecule is Cc1cccc(C)c1OCc1cccc(C(=N)N)c1F. The third-order valence-electron chi connectivity index (χ3n) is 3.15. The summed E-state index contributed by atoms with van der Waals surface area (Å²) in [6, 6.07) is 10.6. The van der Waals surface area contributed by atoms with E-state index in [1.807, 2.05) is 32.0 Å². The van der Waals surface area contributed by atoms with Crippen molar-refractivity contribution in [2.24, 2.45) is 5.73 Å². The van der Waals surface area contributed by atoms with Crippen LogP contribution in [0.1, 0.15) is 22.3 Å². The van der Waals surface area contributed by atoms with Gasteiger partial charge in [0.1, 0.15) is 24.0 Å². The number of amidine groups is 1. The number of nitrogen functional groups attached to an aromatic ring is 1. The highest BCUT2D eigenvalue weighted by molar-refractivity contribution is 5.95. The van der Waals surface area contributed by atoms with Crippen molar-refractivity contribution in [2.75, 3.05) is 0 Å². The fourth-order valence-corrected chi connectivity index (χ4v) is 2.08. The standard InChI is InChI=1S/C16H17FN2O/c1-10-5-3-6-11(2)15(10)20-9-12-7-4-8-13(14(12)17)16(18)19/h3-8H,9H2,1-2H3,(H3,18,19). The molecule has 0 aliphatic heterocycles. The summed E-state index contributed by atoms with van der Waals surface area (Å²) in [5, 5.41) is 7.33. The van der Waals surface area contributed by atoms with E-state index in [2.05, 4.69) is 0 Å². The maximum atomic E-state index is 14.1. The van der Waals surface area contributed by atoms with Gasteiger partial charge in [-0.15, -0.1) is 0 Å².